The normalized spacial score (nSPS) is 19.6. The molecular weight excluding hydrogens is 258 g/mol. The minimum atomic E-state index is 0.308. The molecule has 0 aromatic heterocycles. The van der Waals surface area contributed by atoms with Gasteiger partial charge in [0.1, 0.15) is 0 Å². The van der Waals surface area contributed by atoms with E-state index in [0.29, 0.717) is 12.0 Å². The van der Waals surface area contributed by atoms with E-state index in [1.54, 1.807) is 0 Å². The average molecular weight is 289 g/mol. The van der Waals surface area contributed by atoms with Gasteiger partial charge in [0.05, 0.1) is 0 Å². The topological polar surface area (TPSA) is 32.5 Å². The van der Waals surface area contributed by atoms with E-state index in [4.69, 9.17) is 5.73 Å². The van der Waals surface area contributed by atoms with Crippen LogP contribution in [0.15, 0.2) is 18.2 Å². The Morgan fingerprint density at radius 3 is 2.43 bits per heavy atom. The molecule has 118 valence electrons. The summed E-state index contributed by atoms with van der Waals surface area (Å²) in [6, 6.07) is 6.92. The average Bonchev–Trinajstić information content (AvgIpc) is 2.50. The highest BCUT2D eigenvalue weighted by Crippen LogP contribution is 2.24. The van der Waals surface area contributed by atoms with Crippen LogP contribution in [0, 0.1) is 19.8 Å². The lowest BCUT2D eigenvalue weighted by atomic mass is 9.99. The van der Waals surface area contributed by atoms with E-state index in [-0.39, 0.29) is 0 Å². The molecule has 2 atom stereocenters. The van der Waals surface area contributed by atoms with Crippen molar-refractivity contribution in [2.75, 3.05) is 37.6 Å². The number of piperazine rings is 1. The van der Waals surface area contributed by atoms with Gasteiger partial charge in [0.2, 0.25) is 0 Å². The molecule has 1 aromatic rings. The molecule has 2 rings (SSSR count). The number of hydrogen-bond acceptors (Lipinski definition) is 3. The Morgan fingerprint density at radius 1 is 1.14 bits per heavy atom. The molecule has 1 aliphatic rings. The molecule has 1 heterocycles. The second-order valence-corrected chi connectivity index (χ2v) is 6.56. The number of nitrogens with zero attached hydrogens (tertiary/aromatic N) is 2. The summed E-state index contributed by atoms with van der Waals surface area (Å²) in [4.78, 5) is 5.05. The van der Waals surface area contributed by atoms with Crippen molar-refractivity contribution in [2.24, 2.45) is 11.7 Å². The highest BCUT2D eigenvalue weighted by molar-refractivity contribution is 5.56. The van der Waals surface area contributed by atoms with E-state index < -0.39 is 0 Å². The van der Waals surface area contributed by atoms with Crippen molar-refractivity contribution in [3.8, 4) is 0 Å². The number of anilines is 1. The molecule has 0 aliphatic carbocycles. The van der Waals surface area contributed by atoms with Gasteiger partial charge in [-0.3, -0.25) is 4.90 Å². The Morgan fingerprint density at radius 2 is 1.81 bits per heavy atom. The van der Waals surface area contributed by atoms with E-state index in [2.05, 4.69) is 55.7 Å². The molecule has 21 heavy (non-hydrogen) atoms. The van der Waals surface area contributed by atoms with Gasteiger partial charge in [0, 0.05) is 44.5 Å². The summed E-state index contributed by atoms with van der Waals surface area (Å²) >= 11 is 0. The fraction of sp³-hybridized carbons (Fsp3) is 0.667. The van der Waals surface area contributed by atoms with Crippen molar-refractivity contribution in [1.29, 1.82) is 0 Å². The van der Waals surface area contributed by atoms with Crippen LogP contribution < -0.4 is 10.6 Å². The Bertz CT molecular complexity index is 450. The fourth-order valence-electron chi connectivity index (χ4n) is 3.03. The predicted molar refractivity (Wildman–Crippen MR) is 92.0 cm³/mol. The monoisotopic (exact) mass is 289 g/mol. The standard InChI is InChI=1S/C18H31N3/c1-5-14(2)17(19)13-20-9-11-21(12-10-20)18-8-6-7-15(3)16(18)4/h6-8,14,17H,5,9-13,19H2,1-4H3/t14?,17-/m1/s1. The maximum Gasteiger partial charge on any atom is 0.0399 e. The lowest BCUT2D eigenvalue weighted by Gasteiger charge is -2.38. The van der Waals surface area contributed by atoms with Gasteiger partial charge < -0.3 is 10.6 Å². The molecule has 3 heteroatoms. The van der Waals surface area contributed by atoms with Gasteiger partial charge in [0.25, 0.3) is 0 Å². The number of aryl methyl sites for hydroxylation is 1. The van der Waals surface area contributed by atoms with Crippen LogP contribution in [0.2, 0.25) is 0 Å². The van der Waals surface area contributed by atoms with Crippen LogP contribution in [-0.4, -0.2) is 43.7 Å². The molecular formula is C18H31N3. The molecule has 2 N–H and O–H groups in total. The smallest absolute Gasteiger partial charge is 0.0399 e. The summed E-state index contributed by atoms with van der Waals surface area (Å²) in [5.74, 6) is 0.613. The summed E-state index contributed by atoms with van der Waals surface area (Å²) < 4.78 is 0. The van der Waals surface area contributed by atoms with Gasteiger partial charge in [-0.25, -0.2) is 0 Å². The third kappa shape index (κ3) is 3.98. The maximum absolute atomic E-state index is 6.29. The second kappa shape index (κ2) is 7.28. The van der Waals surface area contributed by atoms with Crippen molar-refractivity contribution in [1.82, 2.24) is 4.90 Å². The fourth-order valence-corrected chi connectivity index (χ4v) is 3.03. The maximum atomic E-state index is 6.29. The molecule has 0 amide bonds. The molecule has 1 unspecified atom stereocenters. The minimum Gasteiger partial charge on any atom is -0.369 e. The summed E-state index contributed by atoms with van der Waals surface area (Å²) in [5.41, 5.74) is 10.5. The first-order valence-electron chi connectivity index (χ1n) is 8.32. The molecule has 0 bridgehead atoms. The summed E-state index contributed by atoms with van der Waals surface area (Å²) in [6.45, 7) is 14.4. The molecule has 0 saturated carbocycles. The Hall–Kier alpha value is -1.06. The predicted octanol–water partition coefficient (Wildman–Crippen LogP) is 2.80. The van der Waals surface area contributed by atoms with E-state index in [9.17, 15) is 0 Å². The van der Waals surface area contributed by atoms with Crippen molar-refractivity contribution in [2.45, 2.75) is 40.2 Å². The first-order valence-corrected chi connectivity index (χ1v) is 8.32. The van der Waals surface area contributed by atoms with Gasteiger partial charge in [-0.15, -0.1) is 0 Å². The summed E-state index contributed by atoms with van der Waals surface area (Å²) in [7, 11) is 0. The zero-order chi connectivity index (χ0) is 15.4. The highest BCUT2D eigenvalue weighted by Gasteiger charge is 2.21. The lowest BCUT2D eigenvalue weighted by molar-refractivity contribution is 0.220. The quantitative estimate of drug-likeness (QED) is 0.904. The van der Waals surface area contributed by atoms with E-state index in [1.165, 1.54) is 23.2 Å². The van der Waals surface area contributed by atoms with Crippen LogP contribution in [0.1, 0.15) is 31.4 Å². The first kappa shape index (κ1) is 16.3. The third-order valence-corrected chi connectivity index (χ3v) is 5.13. The zero-order valence-electron chi connectivity index (χ0n) is 14.1. The largest absolute Gasteiger partial charge is 0.369 e. The van der Waals surface area contributed by atoms with Gasteiger partial charge in [-0.1, -0.05) is 32.4 Å². The van der Waals surface area contributed by atoms with Crippen LogP contribution in [0.25, 0.3) is 0 Å². The van der Waals surface area contributed by atoms with E-state index in [0.717, 1.165) is 32.7 Å². The van der Waals surface area contributed by atoms with Crippen LogP contribution in [0.3, 0.4) is 0 Å². The third-order valence-electron chi connectivity index (χ3n) is 5.13. The van der Waals surface area contributed by atoms with Crippen LogP contribution in [0.5, 0.6) is 0 Å². The zero-order valence-corrected chi connectivity index (χ0v) is 14.1. The van der Waals surface area contributed by atoms with Gasteiger partial charge in [0.15, 0.2) is 0 Å². The van der Waals surface area contributed by atoms with Crippen molar-refractivity contribution < 1.29 is 0 Å². The molecule has 1 saturated heterocycles. The molecule has 1 aliphatic heterocycles. The van der Waals surface area contributed by atoms with Crippen molar-refractivity contribution in [3.63, 3.8) is 0 Å². The van der Waals surface area contributed by atoms with Gasteiger partial charge in [-0.2, -0.15) is 0 Å². The van der Waals surface area contributed by atoms with Gasteiger partial charge >= 0.3 is 0 Å². The summed E-state index contributed by atoms with van der Waals surface area (Å²) in [5, 5.41) is 0. The number of rotatable bonds is 5. The molecule has 3 nitrogen and oxygen atoms in total. The second-order valence-electron chi connectivity index (χ2n) is 6.56. The number of hydrogen-bond donors (Lipinski definition) is 1. The van der Waals surface area contributed by atoms with E-state index >= 15 is 0 Å². The molecule has 0 radical (unpaired) electrons. The molecule has 1 aromatic carbocycles. The molecule has 1 fully saturated rings. The Labute approximate surface area is 130 Å². The highest BCUT2D eigenvalue weighted by atomic mass is 15.3. The minimum absolute atomic E-state index is 0.308. The SMILES string of the molecule is CCC(C)[C@H](N)CN1CCN(c2cccc(C)c2C)CC1. The molecule has 0 spiro atoms. The van der Waals surface area contributed by atoms with Crippen molar-refractivity contribution >= 4 is 5.69 Å². The van der Waals surface area contributed by atoms with Crippen molar-refractivity contribution in [3.05, 3.63) is 29.3 Å². The van der Waals surface area contributed by atoms with Gasteiger partial charge in [-0.05, 0) is 37.0 Å². The summed E-state index contributed by atoms with van der Waals surface area (Å²) in [6.07, 6.45) is 1.17. The number of benzene rings is 1. The number of nitrogens with two attached hydrogens (primary N) is 1. The van der Waals surface area contributed by atoms with Crippen LogP contribution in [-0.2, 0) is 0 Å². The van der Waals surface area contributed by atoms with Crippen LogP contribution in [0.4, 0.5) is 5.69 Å². The Kier molecular flexibility index (Phi) is 5.65. The van der Waals surface area contributed by atoms with Crippen LogP contribution >= 0.6 is 0 Å². The first-order chi connectivity index (χ1) is 10.0. The Balaban J connectivity index is 1.90. The lowest BCUT2D eigenvalue weighted by Crippen LogP contribution is -2.51. The van der Waals surface area contributed by atoms with E-state index in [1.807, 2.05) is 0 Å².